The fourth-order valence-electron chi connectivity index (χ4n) is 9.86. The van der Waals surface area contributed by atoms with E-state index >= 15 is 0 Å². The van der Waals surface area contributed by atoms with Crippen molar-refractivity contribution in [1.29, 1.82) is 0 Å². The molecule has 0 saturated carbocycles. The lowest BCUT2D eigenvalue weighted by Crippen LogP contribution is -2.45. The first kappa shape index (κ1) is 64.7. The van der Waals surface area contributed by atoms with Gasteiger partial charge < -0.3 is 42.5 Å². The van der Waals surface area contributed by atoms with Crippen LogP contribution >= 0.6 is 0 Å². The summed E-state index contributed by atoms with van der Waals surface area (Å²) in [5.41, 5.74) is 7.30. The van der Waals surface area contributed by atoms with Crippen molar-refractivity contribution in [1.82, 2.24) is 19.6 Å². The molecule has 0 atom stereocenters. The average Bonchev–Trinajstić information content (AvgIpc) is 3.28. The third-order valence-electron chi connectivity index (χ3n) is 14.7. The number of carbonyl (C=O) groups excluding carboxylic acids is 4. The van der Waals surface area contributed by atoms with Gasteiger partial charge in [-0.3, -0.25) is 60.1 Å². The number of rotatable bonds is 20. The summed E-state index contributed by atoms with van der Waals surface area (Å²) < 4.78 is 0. The molecular formula is C64H64N16O12. The molecule has 0 aliphatic carbocycles. The summed E-state index contributed by atoms with van der Waals surface area (Å²) in [5, 5.41) is 66.6. The third kappa shape index (κ3) is 20.2. The van der Waals surface area contributed by atoms with Crippen LogP contribution in [-0.4, -0.2) is 116 Å². The Kier molecular flexibility index (Phi) is 22.1. The summed E-state index contributed by atoms with van der Waals surface area (Å²) in [4.78, 5) is 104. The van der Waals surface area contributed by atoms with Crippen LogP contribution in [0.5, 0.6) is 0 Å². The topological polar surface area (TPSA) is 350 Å². The summed E-state index contributed by atoms with van der Waals surface area (Å²) in [6.07, 6.45) is 0. The molecule has 1 heterocycles. The van der Waals surface area contributed by atoms with Crippen LogP contribution in [0.25, 0.3) is 0 Å². The number of nitro groups is 4. The van der Waals surface area contributed by atoms with Crippen molar-refractivity contribution in [3.8, 4) is 0 Å². The number of non-ortho nitro benzene ring substituents is 4. The number of urea groups is 4. The molecule has 9 rings (SSSR count). The van der Waals surface area contributed by atoms with Crippen molar-refractivity contribution >= 4 is 92.4 Å². The van der Waals surface area contributed by atoms with E-state index in [1.807, 2.05) is 97.1 Å². The quantitative estimate of drug-likeness (QED) is 0.0260. The van der Waals surface area contributed by atoms with Gasteiger partial charge in [-0.05, 0) is 119 Å². The van der Waals surface area contributed by atoms with Crippen LogP contribution in [-0.2, 0) is 26.2 Å². The minimum atomic E-state index is -0.517. The summed E-state index contributed by atoms with van der Waals surface area (Å²) in [5.74, 6) is 0. The van der Waals surface area contributed by atoms with Crippen molar-refractivity contribution in [2.24, 2.45) is 0 Å². The van der Waals surface area contributed by atoms with E-state index in [1.54, 1.807) is 0 Å². The Morgan fingerprint density at radius 3 is 0.511 bits per heavy atom. The molecule has 28 heteroatoms. The second-order valence-corrected chi connectivity index (χ2v) is 21.4. The van der Waals surface area contributed by atoms with Crippen molar-refractivity contribution in [2.75, 3.05) is 94.9 Å². The third-order valence-corrected chi connectivity index (χ3v) is 14.7. The number of amides is 8. The van der Waals surface area contributed by atoms with Crippen LogP contribution in [0.4, 0.5) is 87.4 Å². The maximum atomic E-state index is 12.9. The summed E-state index contributed by atoms with van der Waals surface area (Å²) >= 11 is 0. The van der Waals surface area contributed by atoms with Gasteiger partial charge in [-0.1, -0.05) is 48.5 Å². The Balaban J connectivity index is 0.912. The molecule has 8 aromatic rings. The molecular weight excluding hydrogens is 1180 g/mol. The fraction of sp³-hybridized carbons (Fsp3) is 0.188. The minimum absolute atomic E-state index is 0.0983. The highest BCUT2D eigenvalue weighted by Gasteiger charge is 2.20. The van der Waals surface area contributed by atoms with Crippen LogP contribution in [0.2, 0.25) is 0 Å². The zero-order valence-corrected chi connectivity index (χ0v) is 49.4. The van der Waals surface area contributed by atoms with Crippen molar-refractivity contribution in [3.05, 3.63) is 257 Å². The van der Waals surface area contributed by atoms with Gasteiger partial charge in [0, 0.05) is 173 Å². The largest absolute Gasteiger partial charge is 0.323 e. The van der Waals surface area contributed by atoms with Crippen LogP contribution in [0.15, 0.2) is 194 Å². The Bertz CT molecular complexity index is 3340. The lowest BCUT2D eigenvalue weighted by molar-refractivity contribution is -0.385. The lowest BCUT2D eigenvalue weighted by Gasteiger charge is -2.34. The molecule has 1 aliphatic heterocycles. The fourth-order valence-corrected chi connectivity index (χ4v) is 9.86. The van der Waals surface area contributed by atoms with Gasteiger partial charge in [-0.25, -0.2) is 19.2 Å². The number of hydrogen-bond acceptors (Lipinski definition) is 16. The Labute approximate surface area is 526 Å². The number of benzene rings is 8. The molecule has 28 nitrogen and oxygen atoms in total. The van der Waals surface area contributed by atoms with Gasteiger partial charge in [0.05, 0.1) is 19.7 Å². The SMILES string of the molecule is O=C(Nc1ccc(CN2CCN(Cc3ccc(NC(=O)Nc4ccc([N+](=O)[O-])cc4)cc3)CCN(Cc3ccc(NC(=O)Nc4ccc([N+](=O)[O-])cc4)cc3)CCN(Cc3ccc(NC(=O)Nc4ccc([N+](=O)[O-])cc4)cc3)CC2)cc1)Nc1ccc([N+](=O)[O-])cc1. The van der Waals surface area contributed by atoms with Gasteiger partial charge in [0.25, 0.3) is 22.7 Å². The summed E-state index contributed by atoms with van der Waals surface area (Å²) in [6.45, 7) is 7.51. The first-order valence-corrected chi connectivity index (χ1v) is 29.0. The van der Waals surface area contributed by atoms with Gasteiger partial charge >= 0.3 is 24.1 Å². The molecule has 472 valence electrons. The van der Waals surface area contributed by atoms with E-state index in [-0.39, 0.29) is 22.7 Å². The summed E-state index contributed by atoms with van der Waals surface area (Å²) in [7, 11) is 0. The van der Waals surface area contributed by atoms with E-state index in [0.29, 0.717) is 124 Å². The van der Waals surface area contributed by atoms with Crippen LogP contribution < -0.4 is 42.5 Å². The molecule has 8 N–H and O–H groups in total. The van der Waals surface area contributed by atoms with E-state index < -0.39 is 43.8 Å². The van der Waals surface area contributed by atoms with Crippen molar-refractivity contribution in [2.45, 2.75) is 26.2 Å². The highest BCUT2D eigenvalue weighted by atomic mass is 16.6. The van der Waals surface area contributed by atoms with Gasteiger partial charge in [0.1, 0.15) is 0 Å². The Morgan fingerprint density at radius 2 is 0.380 bits per heavy atom. The molecule has 0 unspecified atom stereocenters. The monoisotopic (exact) mass is 1250 g/mol. The Morgan fingerprint density at radius 1 is 0.250 bits per heavy atom. The zero-order valence-electron chi connectivity index (χ0n) is 49.4. The predicted octanol–water partition coefficient (Wildman–Crippen LogP) is 12.2. The molecule has 8 amide bonds. The predicted molar refractivity (Wildman–Crippen MR) is 350 cm³/mol. The number of hydrogen-bond donors (Lipinski definition) is 8. The molecule has 1 fully saturated rings. The number of carbonyl (C=O) groups is 4. The maximum absolute atomic E-state index is 12.9. The standard InChI is InChI=1S/C64H64N16O12/c81-61(69-53-17-25-57(26-18-53)77(85)86)65-49-9-1-45(2-10-49)41-73-33-35-74(42-46-3-11-50(12-4-46)66-62(82)70-54-19-27-58(28-20-54)78(87)88)37-39-76(44-48-7-15-52(16-8-48)68-64(84)72-56-23-31-60(32-24-56)80(91)92)40-38-75(36-34-73)43-47-5-13-51(14-6-47)67-63(83)71-55-21-29-59(30-22-55)79(89)90/h1-32H,33-44H2,(H2,65,69,81)(H2,66,70,82)(H2,67,71,83)(H2,68,72,84). The average molecular weight is 1250 g/mol. The van der Waals surface area contributed by atoms with Crippen molar-refractivity contribution < 1.29 is 38.9 Å². The molecule has 0 spiro atoms. The molecule has 0 aromatic heterocycles. The molecule has 1 saturated heterocycles. The van der Waals surface area contributed by atoms with Crippen molar-refractivity contribution in [3.63, 3.8) is 0 Å². The van der Waals surface area contributed by atoms with E-state index in [9.17, 15) is 59.6 Å². The highest BCUT2D eigenvalue weighted by molar-refractivity contribution is 6.02. The number of nitrogens with one attached hydrogen (secondary N) is 8. The maximum Gasteiger partial charge on any atom is 0.323 e. The van der Waals surface area contributed by atoms with E-state index in [1.165, 1.54) is 97.1 Å². The summed E-state index contributed by atoms with van der Waals surface area (Å²) in [6, 6.07) is 50.1. The molecule has 92 heavy (non-hydrogen) atoms. The second-order valence-electron chi connectivity index (χ2n) is 21.4. The second kappa shape index (κ2) is 31.5. The molecule has 1 aliphatic rings. The van der Waals surface area contributed by atoms with Crippen LogP contribution in [0.1, 0.15) is 22.3 Å². The van der Waals surface area contributed by atoms with E-state index in [0.717, 1.165) is 22.3 Å². The number of anilines is 8. The lowest BCUT2D eigenvalue weighted by atomic mass is 10.1. The Hall–Kier alpha value is -11.7. The first-order chi connectivity index (χ1) is 44.4. The molecule has 8 aromatic carbocycles. The molecule has 0 bridgehead atoms. The van der Waals surface area contributed by atoms with Gasteiger partial charge in [0.15, 0.2) is 0 Å². The zero-order chi connectivity index (χ0) is 64.9. The highest BCUT2D eigenvalue weighted by Crippen LogP contribution is 2.23. The van der Waals surface area contributed by atoms with Gasteiger partial charge in [-0.15, -0.1) is 0 Å². The number of nitrogens with zero attached hydrogens (tertiary/aromatic N) is 8. The van der Waals surface area contributed by atoms with E-state index in [2.05, 4.69) is 62.1 Å². The smallest absolute Gasteiger partial charge is 0.308 e. The molecule has 0 radical (unpaired) electrons. The minimum Gasteiger partial charge on any atom is -0.308 e. The normalized spacial score (nSPS) is 13.4. The van der Waals surface area contributed by atoms with Crippen LogP contribution in [0.3, 0.4) is 0 Å². The number of nitro benzene ring substituents is 4. The van der Waals surface area contributed by atoms with Gasteiger partial charge in [0.2, 0.25) is 0 Å². The first-order valence-electron chi connectivity index (χ1n) is 29.0. The van der Waals surface area contributed by atoms with Gasteiger partial charge in [-0.2, -0.15) is 0 Å². The van der Waals surface area contributed by atoms with Crippen LogP contribution in [0, 0.1) is 40.5 Å². The van der Waals surface area contributed by atoms with E-state index in [4.69, 9.17) is 0 Å².